The molecule has 0 radical (unpaired) electrons. The average Bonchev–Trinajstić information content (AvgIpc) is 2.70. The van der Waals surface area contributed by atoms with Crippen molar-refractivity contribution in [1.82, 2.24) is 15.1 Å². The fourth-order valence-corrected chi connectivity index (χ4v) is 3.15. The zero-order valence-corrected chi connectivity index (χ0v) is 15.2. The third-order valence-electron chi connectivity index (χ3n) is 4.76. The van der Waals surface area contributed by atoms with Crippen LogP contribution in [0.5, 0.6) is 0 Å². The number of carbonyl (C=O) groups is 1. The number of nitriles is 1. The summed E-state index contributed by atoms with van der Waals surface area (Å²) in [6, 6.07) is 7.14. The van der Waals surface area contributed by atoms with Crippen LogP contribution in [-0.2, 0) is 17.5 Å². The van der Waals surface area contributed by atoms with Gasteiger partial charge in [0.25, 0.3) is 0 Å². The highest BCUT2D eigenvalue weighted by molar-refractivity contribution is 5.91. The molecular formula is C19H17F4N5O. The number of nitrogens with one attached hydrogen (secondary N) is 1. The third kappa shape index (κ3) is 5.26. The van der Waals surface area contributed by atoms with Crippen molar-refractivity contribution in [3.8, 4) is 6.07 Å². The summed E-state index contributed by atoms with van der Waals surface area (Å²) in [7, 11) is 0. The molecule has 1 fully saturated rings. The normalized spacial score (nSPS) is 15.7. The summed E-state index contributed by atoms with van der Waals surface area (Å²) < 4.78 is 52.4. The molecule has 29 heavy (non-hydrogen) atoms. The van der Waals surface area contributed by atoms with E-state index in [2.05, 4.69) is 15.5 Å². The molecule has 2 heterocycles. The smallest absolute Gasteiger partial charge is 0.309 e. The maximum atomic E-state index is 13.9. The van der Waals surface area contributed by atoms with Gasteiger partial charge in [-0.25, -0.2) is 4.39 Å². The Hall–Kier alpha value is -3.06. The van der Waals surface area contributed by atoms with Crippen LogP contribution in [0.2, 0.25) is 0 Å². The van der Waals surface area contributed by atoms with Gasteiger partial charge in [-0.1, -0.05) is 0 Å². The first-order chi connectivity index (χ1) is 13.8. The second kappa shape index (κ2) is 8.53. The number of aromatic nitrogens is 2. The Morgan fingerprint density at radius 1 is 1.21 bits per heavy atom. The lowest BCUT2D eigenvalue weighted by atomic mass is 9.95. The molecule has 1 aliphatic rings. The van der Waals surface area contributed by atoms with Gasteiger partial charge in [0, 0.05) is 18.0 Å². The number of anilines is 1. The van der Waals surface area contributed by atoms with Crippen LogP contribution in [0.1, 0.15) is 29.7 Å². The lowest BCUT2D eigenvalue weighted by Gasteiger charge is -2.31. The topological polar surface area (TPSA) is 81.9 Å². The Morgan fingerprint density at radius 3 is 2.52 bits per heavy atom. The molecule has 10 heteroatoms. The number of benzene rings is 1. The highest BCUT2D eigenvalue weighted by atomic mass is 19.4. The van der Waals surface area contributed by atoms with E-state index in [1.54, 1.807) is 0 Å². The van der Waals surface area contributed by atoms with Gasteiger partial charge in [0.1, 0.15) is 11.9 Å². The largest absolute Gasteiger partial charge is 0.416 e. The zero-order chi connectivity index (χ0) is 21.0. The summed E-state index contributed by atoms with van der Waals surface area (Å²) in [6.45, 7) is 0.949. The fourth-order valence-electron chi connectivity index (χ4n) is 3.15. The first-order valence-corrected chi connectivity index (χ1v) is 8.89. The minimum Gasteiger partial charge on any atom is -0.309 e. The molecule has 0 atom stereocenters. The van der Waals surface area contributed by atoms with Crippen molar-refractivity contribution in [2.75, 3.05) is 18.4 Å². The molecule has 0 saturated carbocycles. The predicted molar refractivity (Wildman–Crippen MR) is 94.8 cm³/mol. The van der Waals surface area contributed by atoms with E-state index in [-0.39, 0.29) is 35.4 Å². The Kier molecular flexibility index (Phi) is 6.08. The van der Waals surface area contributed by atoms with Crippen molar-refractivity contribution < 1.29 is 22.4 Å². The van der Waals surface area contributed by atoms with E-state index in [0.29, 0.717) is 25.9 Å². The molecular weight excluding hydrogens is 390 g/mol. The lowest BCUT2D eigenvalue weighted by Crippen LogP contribution is -2.38. The van der Waals surface area contributed by atoms with Gasteiger partial charge in [-0.2, -0.15) is 18.4 Å². The second-order valence-corrected chi connectivity index (χ2v) is 6.76. The molecule has 152 valence electrons. The summed E-state index contributed by atoms with van der Waals surface area (Å²) in [4.78, 5) is 14.2. The number of halogens is 4. The molecule has 1 saturated heterocycles. The van der Waals surface area contributed by atoms with Gasteiger partial charge in [-0.3, -0.25) is 9.69 Å². The molecule has 0 bridgehead atoms. The van der Waals surface area contributed by atoms with Gasteiger partial charge in [-0.05, 0) is 56.3 Å². The maximum absolute atomic E-state index is 13.9. The van der Waals surface area contributed by atoms with Crippen molar-refractivity contribution in [2.24, 2.45) is 5.92 Å². The van der Waals surface area contributed by atoms with E-state index in [0.717, 1.165) is 18.2 Å². The number of rotatable bonds is 4. The number of amides is 1. The number of alkyl halides is 3. The van der Waals surface area contributed by atoms with E-state index in [1.807, 2.05) is 11.0 Å². The van der Waals surface area contributed by atoms with Crippen LogP contribution in [0, 0.1) is 23.1 Å². The predicted octanol–water partition coefficient (Wildman–Crippen LogP) is 3.36. The van der Waals surface area contributed by atoms with Gasteiger partial charge in [0.05, 0.1) is 5.56 Å². The molecule has 1 amide bonds. The van der Waals surface area contributed by atoms with E-state index in [9.17, 15) is 22.4 Å². The van der Waals surface area contributed by atoms with Crippen molar-refractivity contribution in [3.05, 3.63) is 53.0 Å². The molecule has 6 nitrogen and oxygen atoms in total. The Labute approximate surface area is 164 Å². The van der Waals surface area contributed by atoms with Crippen molar-refractivity contribution in [2.45, 2.75) is 25.6 Å². The molecule has 0 unspecified atom stereocenters. The van der Waals surface area contributed by atoms with Crippen LogP contribution >= 0.6 is 0 Å². The molecule has 0 aliphatic carbocycles. The standard InChI is InChI=1S/C19H17F4N5O/c20-16-3-1-14(19(21,22)23)9-13(16)11-28-7-5-12(6-8-28)18(29)25-17-4-2-15(10-24)26-27-17/h1-4,9,12H,5-8,11H2,(H,25,27,29). The van der Waals surface area contributed by atoms with Gasteiger partial charge in [0.2, 0.25) is 5.91 Å². The first-order valence-electron chi connectivity index (χ1n) is 8.89. The average molecular weight is 407 g/mol. The van der Waals surface area contributed by atoms with E-state index >= 15 is 0 Å². The molecule has 1 N–H and O–H groups in total. The molecule has 0 spiro atoms. The minimum atomic E-state index is -4.53. The summed E-state index contributed by atoms with van der Waals surface area (Å²) in [5, 5.41) is 18.7. The monoisotopic (exact) mass is 407 g/mol. The first kappa shape index (κ1) is 20.7. The number of likely N-dealkylation sites (tertiary alicyclic amines) is 1. The van der Waals surface area contributed by atoms with Gasteiger partial charge in [0.15, 0.2) is 11.5 Å². The van der Waals surface area contributed by atoms with Crippen LogP contribution in [0.4, 0.5) is 23.4 Å². The Balaban J connectivity index is 1.55. The highest BCUT2D eigenvalue weighted by Crippen LogP contribution is 2.31. The van der Waals surface area contributed by atoms with E-state index in [1.165, 1.54) is 12.1 Å². The molecule has 3 rings (SSSR count). The van der Waals surface area contributed by atoms with Crippen LogP contribution in [0.15, 0.2) is 30.3 Å². The van der Waals surface area contributed by atoms with Gasteiger partial charge in [-0.15, -0.1) is 10.2 Å². The molecule has 1 aliphatic heterocycles. The Bertz CT molecular complexity index is 916. The highest BCUT2D eigenvalue weighted by Gasteiger charge is 2.32. The summed E-state index contributed by atoms with van der Waals surface area (Å²) in [6.07, 6.45) is -3.56. The summed E-state index contributed by atoms with van der Waals surface area (Å²) in [5.74, 6) is -0.983. The minimum absolute atomic E-state index is 0.0180. The number of hydrogen-bond acceptors (Lipinski definition) is 5. The number of carbonyl (C=O) groups excluding carboxylic acids is 1. The third-order valence-corrected chi connectivity index (χ3v) is 4.76. The van der Waals surface area contributed by atoms with Crippen molar-refractivity contribution >= 4 is 11.7 Å². The van der Waals surface area contributed by atoms with Crippen LogP contribution in [-0.4, -0.2) is 34.1 Å². The molecule has 2 aromatic rings. The Morgan fingerprint density at radius 2 is 1.93 bits per heavy atom. The van der Waals surface area contributed by atoms with Crippen molar-refractivity contribution in [3.63, 3.8) is 0 Å². The SMILES string of the molecule is N#Cc1ccc(NC(=O)C2CCN(Cc3cc(C(F)(F)F)ccc3F)CC2)nn1. The molecule has 1 aromatic heterocycles. The van der Waals surface area contributed by atoms with Gasteiger partial charge >= 0.3 is 6.18 Å². The van der Waals surface area contributed by atoms with Crippen LogP contribution in [0.3, 0.4) is 0 Å². The quantitative estimate of drug-likeness (QED) is 0.786. The van der Waals surface area contributed by atoms with Gasteiger partial charge < -0.3 is 5.32 Å². The van der Waals surface area contributed by atoms with E-state index < -0.39 is 17.6 Å². The van der Waals surface area contributed by atoms with Crippen molar-refractivity contribution in [1.29, 1.82) is 5.26 Å². The number of piperidine rings is 1. The zero-order valence-electron chi connectivity index (χ0n) is 15.2. The number of nitrogens with zero attached hydrogens (tertiary/aromatic N) is 4. The maximum Gasteiger partial charge on any atom is 0.416 e. The number of hydrogen-bond donors (Lipinski definition) is 1. The second-order valence-electron chi connectivity index (χ2n) is 6.76. The fraction of sp³-hybridized carbons (Fsp3) is 0.368. The van der Waals surface area contributed by atoms with E-state index in [4.69, 9.17) is 5.26 Å². The summed E-state index contributed by atoms with van der Waals surface area (Å²) >= 11 is 0. The lowest BCUT2D eigenvalue weighted by molar-refractivity contribution is -0.137. The van der Waals surface area contributed by atoms with Crippen LogP contribution < -0.4 is 5.32 Å². The molecule has 1 aromatic carbocycles. The summed E-state index contributed by atoms with van der Waals surface area (Å²) in [5.41, 5.74) is -0.764. The van der Waals surface area contributed by atoms with Crippen LogP contribution in [0.25, 0.3) is 0 Å².